The third-order valence-corrected chi connectivity index (χ3v) is 7.27. The summed E-state index contributed by atoms with van der Waals surface area (Å²) in [6.45, 7) is 3.75. The van der Waals surface area contributed by atoms with Gasteiger partial charge in [-0.2, -0.15) is 10.4 Å². The zero-order chi connectivity index (χ0) is 23.6. The van der Waals surface area contributed by atoms with Gasteiger partial charge in [0.2, 0.25) is 9.84 Å². The molecule has 0 radical (unpaired) electrons. The van der Waals surface area contributed by atoms with Crippen LogP contribution in [0.5, 0.6) is 0 Å². The van der Waals surface area contributed by atoms with Crippen LogP contribution in [0.1, 0.15) is 16.7 Å². The summed E-state index contributed by atoms with van der Waals surface area (Å²) in [4.78, 5) is -0.268. The highest BCUT2D eigenvalue weighted by atomic mass is 35.5. The Hall–Kier alpha value is -3.66. The molecule has 4 rings (SSSR count). The number of benzene rings is 3. The molecule has 0 saturated heterocycles. The van der Waals surface area contributed by atoms with Gasteiger partial charge in [0.1, 0.15) is 16.7 Å². The highest BCUT2D eigenvalue weighted by molar-refractivity contribution is 7.95. The van der Waals surface area contributed by atoms with Crippen molar-refractivity contribution in [2.45, 2.75) is 18.7 Å². The largest absolute Gasteiger partial charge is 0.240 e. The minimum absolute atomic E-state index is 0.0851. The molecule has 0 amide bonds. The van der Waals surface area contributed by atoms with Crippen molar-refractivity contribution in [2.75, 3.05) is 0 Å². The van der Waals surface area contributed by atoms with E-state index in [-0.39, 0.29) is 9.80 Å². The van der Waals surface area contributed by atoms with Gasteiger partial charge in [0, 0.05) is 22.3 Å². The average molecular weight is 474 g/mol. The van der Waals surface area contributed by atoms with Crippen molar-refractivity contribution in [3.05, 3.63) is 106 Å². The molecular weight excluding hydrogens is 454 g/mol. The SMILES string of the molecule is Cc1ccc(S(=O)(=O)/C(C#N)=C/c2cn(-c3ccccc3)nc2-c2ccc(Cl)cc2)cc1C. The van der Waals surface area contributed by atoms with Crippen LogP contribution in [0.2, 0.25) is 5.02 Å². The summed E-state index contributed by atoms with van der Waals surface area (Å²) in [5.74, 6) is 0. The summed E-state index contributed by atoms with van der Waals surface area (Å²) in [6, 6.07) is 23.3. The number of hydrogen-bond acceptors (Lipinski definition) is 4. The maximum atomic E-state index is 13.3. The Kier molecular flexibility index (Phi) is 6.19. The van der Waals surface area contributed by atoms with Gasteiger partial charge in [-0.3, -0.25) is 0 Å². The Morgan fingerprint density at radius 2 is 1.70 bits per heavy atom. The fourth-order valence-electron chi connectivity index (χ4n) is 3.36. The molecule has 0 unspecified atom stereocenters. The van der Waals surface area contributed by atoms with Gasteiger partial charge < -0.3 is 0 Å². The Bertz CT molecular complexity index is 1500. The van der Waals surface area contributed by atoms with E-state index in [0.29, 0.717) is 16.3 Å². The zero-order valence-electron chi connectivity index (χ0n) is 18.0. The molecule has 4 aromatic rings. The van der Waals surface area contributed by atoms with Crippen LogP contribution < -0.4 is 0 Å². The van der Waals surface area contributed by atoms with Crippen molar-refractivity contribution in [1.29, 1.82) is 5.26 Å². The number of nitrogens with zero attached hydrogens (tertiary/aromatic N) is 3. The second-order valence-electron chi connectivity index (χ2n) is 7.59. The molecule has 0 aliphatic carbocycles. The van der Waals surface area contributed by atoms with E-state index in [2.05, 4.69) is 5.10 Å². The standard InChI is InChI=1S/C26H20ClN3O2S/c1-18-8-13-24(14-19(18)2)33(31,32)25(16-28)15-21-17-30(23-6-4-3-5-7-23)29-26(21)20-9-11-22(27)12-10-20/h3-15,17H,1-2H3/b25-15+. The van der Waals surface area contributed by atoms with Gasteiger partial charge >= 0.3 is 0 Å². The van der Waals surface area contributed by atoms with Gasteiger partial charge in [-0.1, -0.05) is 48.0 Å². The second kappa shape index (κ2) is 9.07. The first kappa shape index (κ1) is 22.5. The molecule has 1 heterocycles. The number of sulfone groups is 1. The van der Waals surface area contributed by atoms with Gasteiger partial charge in [0.15, 0.2) is 0 Å². The molecule has 7 heteroatoms. The Morgan fingerprint density at radius 3 is 2.33 bits per heavy atom. The number of para-hydroxylation sites is 1. The number of hydrogen-bond donors (Lipinski definition) is 0. The van der Waals surface area contributed by atoms with Gasteiger partial charge in [0.25, 0.3) is 0 Å². The molecule has 3 aromatic carbocycles. The molecule has 0 bridgehead atoms. The van der Waals surface area contributed by atoms with E-state index >= 15 is 0 Å². The highest BCUT2D eigenvalue weighted by Gasteiger charge is 2.23. The highest BCUT2D eigenvalue weighted by Crippen LogP contribution is 2.29. The lowest BCUT2D eigenvalue weighted by atomic mass is 10.1. The molecule has 0 N–H and O–H groups in total. The topological polar surface area (TPSA) is 75.8 Å². The first-order chi connectivity index (χ1) is 15.8. The Balaban J connectivity index is 1.88. The molecule has 1 aromatic heterocycles. The smallest absolute Gasteiger partial charge is 0.216 e. The maximum Gasteiger partial charge on any atom is 0.216 e. The average Bonchev–Trinajstić information content (AvgIpc) is 3.24. The molecule has 0 atom stereocenters. The minimum Gasteiger partial charge on any atom is -0.240 e. The number of allylic oxidation sites excluding steroid dienone is 1. The third kappa shape index (κ3) is 4.61. The summed E-state index contributed by atoms with van der Waals surface area (Å²) in [7, 11) is -4.01. The van der Waals surface area contributed by atoms with E-state index in [9.17, 15) is 13.7 Å². The van der Waals surface area contributed by atoms with E-state index in [4.69, 9.17) is 11.6 Å². The minimum atomic E-state index is -4.01. The van der Waals surface area contributed by atoms with Crippen LogP contribution in [-0.4, -0.2) is 18.2 Å². The number of nitriles is 1. The van der Waals surface area contributed by atoms with Gasteiger partial charge in [0.05, 0.1) is 10.6 Å². The number of rotatable bonds is 5. The van der Waals surface area contributed by atoms with Crippen LogP contribution in [0.3, 0.4) is 0 Å². The number of aromatic nitrogens is 2. The summed E-state index contributed by atoms with van der Waals surface area (Å²) < 4.78 is 28.2. The first-order valence-corrected chi connectivity index (χ1v) is 12.0. The van der Waals surface area contributed by atoms with Crippen LogP contribution in [0.25, 0.3) is 23.0 Å². The van der Waals surface area contributed by atoms with Gasteiger partial charge in [-0.25, -0.2) is 13.1 Å². The Labute approximate surface area is 198 Å². The molecule has 5 nitrogen and oxygen atoms in total. The van der Waals surface area contributed by atoms with Crippen LogP contribution in [-0.2, 0) is 9.84 Å². The lowest BCUT2D eigenvalue weighted by molar-refractivity contribution is 0.603. The molecule has 33 heavy (non-hydrogen) atoms. The number of halogens is 1. The van der Waals surface area contributed by atoms with Crippen molar-refractivity contribution < 1.29 is 8.42 Å². The van der Waals surface area contributed by atoms with Crippen LogP contribution in [0.15, 0.2) is 88.8 Å². The predicted octanol–water partition coefficient (Wildman–Crippen LogP) is 6.15. The lowest BCUT2D eigenvalue weighted by Crippen LogP contribution is -2.04. The summed E-state index contributed by atoms with van der Waals surface area (Å²) in [6.07, 6.45) is 3.09. The van der Waals surface area contributed by atoms with Gasteiger partial charge in [-0.05, 0) is 67.4 Å². The van der Waals surface area contributed by atoms with Crippen molar-refractivity contribution in [3.8, 4) is 23.0 Å². The normalized spacial score (nSPS) is 11.9. The van der Waals surface area contributed by atoms with E-state index in [0.717, 1.165) is 22.4 Å². The van der Waals surface area contributed by atoms with Crippen molar-refractivity contribution in [1.82, 2.24) is 9.78 Å². The molecular formula is C26H20ClN3O2S. The lowest BCUT2D eigenvalue weighted by Gasteiger charge is -2.06. The maximum absolute atomic E-state index is 13.3. The van der Waals surface area contributed by atoms with Crippen molar-refractivity contribution in [2.24, 2.45) is 0 Å². The quantitative estimate of drug-likeness (QED) is 0.326. The molecule has 0 aliphatic rings. The summed E-state index contributed by atoms with van der Waals surface area (Å²) in [5, 5.41) is 15.0. The second-order valence-corrected chi connectivity index (χ2v) is 9.94. The van der Waals surface area contributed by atoms with E-state index in [1.54, 1.807) is 47.3 Å². The molecule has 0 saturated carbocycles. The van der Waals surface area contributed by atoms with Crippen LogP contribution in [0, 0.1) is 25.2 Å². The van der Waals surface area contributed by atoms with Gasteiger partial charge in [-0.15, -0.1) is 0 Å². The van der Waals surface area contributed by atoms with Crippen molar-refractivity contribution in [3.63, 3.8) is 0 Å². The van der Waals surface area contributed by atoms with E-state index in [1.807, 2.05) is 50.2 Å². The molecule has 164 valence electrons. The summed E-state index contributed by atoms with van der Waals surface area (Å²) in [5.41, 5.74) is 4.42. The van der Waals surface area contributed by atoms with E-state index < -0.39 is 9.84 Å². The van der Waals surface area contributed by atoms with E-state index in [1.165, 1.54) is 12.1 Å². The molecule has 0 spiro atoms. The first-order valence-electron chi connectivity index (χ1n) is 10.1. The van der Waals surface area contributed by atoms with Crippen LogP contribution >= 0.6 is 11.6 Å². The molecule has 0 aliphatic heterocycles. The fourth-order valence-corrected chi connectivity index (χ4v) is 4.72. The van der Waals surface area contributed by atoms with Crippen molar-refractivity contribution >= 4 is 27.5 Å². The monoisotopic (exact) mass is 473 g/mol. The zero-order valence-corrected chi connectivity index (χ0v) is 19.6. The fraction of sp³-hybridized carbons (Fsp3) is 0.0769. The third-order valence-electron chi connectivity index (χ3n) is 5.36. The number of aryl methyl sites for hydroxylation is 2. The molecule has 0 fully saturated rings. The summed E-state index contributed by atoms with van der Waals surface area (Å²) >= 11 is 6.04. The Morgan fingerprint density at radius 1 is 1.00 bits per heavy atom. The van der Waals surface area contributed by atoms with Crippen LogP contribution in [0.4, 0.5) is 0 Å². The predicted molar refractivity (Wildman–Crippen MR) is 131 cm³/mol.